The first-order valence-corrected chi connectivity index (χ1v) is 8.39. The molecule has 3 unspecified atom stereocenters. The third kappa shape index (κ3) is 3.80. The molecule has 0 aromatic heterocycles. The van der Waals surface area contributed by atoms with E-state index in [9.17, 15) is 22.8 Å². The Kier molecular flexibility index (Phi) is 4.51. The molecule has 3 atom stereocenters. The molecule has 2 fully saturated rings. The summed E-state index contributed by atoms with van der Waals surface area (Å²) in [6, 6.07) is 5.41. The predicted molar refractivity (Wildman–Crippen MR) is 83.8 cm³/mol. The van der Waals surface area contributed by atoms with E-state index in [-0.39, 0.29) is 24.1 Å². The van der Waals surface area contributed by atoms with Crippen molar-refractivity contribution in [2.24, 2.45) is 11.8 Å². The van der Waals surface area contributed by atoms with Gasteiger partial charge in [-0.25, -0.2) is 0 Å². The molecule has 136 valence electrons. The standard InChI is InChI=1S/C18H20F3NO3/c1-10(17(24)25)9-22(11-6-7-11)16(23)14-8-13(14)12-4-2-3-5-15(12)18(19,20)21/h2-5,10-11,13-14H,6-9H2,1H3,(H,24,25). The van der Waals surface area contributed by atoms with Crippen LogP contribution in [-0.4, -0.2) is 34.5 Å². The number of halogens is 3. The number of hydrogen-bond donors (Lipinski definition) is 1. The van der Waals surface area contributed by atoms with E-state index in [1.807, 2.05) is 0 Å². The van der Waals surface area contributed by atoms with Crippen molar-refractivity contribution in [3.05, 3.63) is 35.4 Å². The van der Waals surface area contributed by atoms with Crippen LogP contribution in [0.15, 0.2) is 24.3 Å². The minimum absolute atomic E-state index is 0.0356. The Labute approximate surface area is 143 Å². The molecule has 0 radical (unpaired) electrons. The molecule has 1 aromatic carbocycles. The molecule has 2 saturated carbocycles. The lowest BCUT2D eigenvalue weighted by molar-refractivity contribution is -0.144. The van der Waals surface area contributed by atoms with E-state index in [0.717, 1.165) is 18.9 Å². The van der Waals surface area contributed by atoms with Gasteiger partial charge in [-0.15, -0.1) is 0 Å². The van der Waals surface area contributed by atoms with Crippen LogP contribution in [-0.2, 0) is 15.8 Å². The Morgan fingerprint density at radius 2 is 1.92 bits per heavy atom. The van der Waals surface area contributed by atoms with E-state index in [2.05, 4.69) is 0 Å². The Bertz CT molecular complexity index is 684. The molecule has 25 heavy (non-hydrogen) atoms. The van der Waals surface area contributed by atoms with Crippen LogP contribution in [0.1, 0.15) is 43.2 Å². The second-order valence-electron chi connectivity index (χ2n) is 6.99. The van der Waals surface area contributed by atoms with Gasteiger partial charge in [0.2, 0.25) is 5.91 Å². The van der Waals surface area contributed by atoms with E-state index < -0.39 is 35.5 Å². The molecule has 0 bridgehead atoms. The normalized spacial score (nSPS) is 23.8. The zero-order valence-electron chi connectivity index (χ0n) is 13.8. The van der Waals surface area contributed by atoms with Crippen LogP contribution in [0, 0.1) is 11.8 Å². The van der Waals surface area contributed by atoms with E-state index >= 15 is 0 Å². The second kappa shape index (κ2) is 6.35. The van der Waals surface area contributed by atoms with Crippen LogP contribution in [0.5, 0.6) is 0 Å². The Balaban J connectivity index is 1.74. The quantitative estimate of drug-likeness (QED) is 0.849. The number of alkyl halides is 3. The molecule has 0 aliphatic heterocycles. The molecule has 3 rings (SSSR count). The third-order valence-corrected chi connectivity index (χ3v) is 4.94. The number of rotatable bonds is 6. The number of benzene rings is 1. The number of carboxylic acids is 1. The molecular formula is C18H20F3NO3. The summed E-state index contributed by atoms with van der Waals surface area (Å²) in [5.74, 6) is -2.80. The first kappa shape index (κ1) is 17.8. The number of nitrogens with zero attached hydrogens (tertiary/aromatic N) is 1. The topological polar surface area (TPSA) is 57.6 Å². The van der Waals surface area contributed by atoms with Crippen molar-refractivity contribution in [2.75, 3.05) is 6.54 Å². The average Bonchev–Trinajstić information content (AvgIpc) is 3.44. The van der Waals surface area contributed by atoms with Crippen molar-refractivity contribution < 1.29 is 27.9 Å². The number of hydrogen-bond acceptors (Lipinski definition) is 2. The van der Waals surface area contributed by atoms with Crippen LogP contribution < -0.4 is 0 Å². The highest BCUT2D eigenvalue weighted by atomic mass is 19.4. The van der Waals surface area contributed by atoms with Crippen molar-refractivity contribution in [3.63, 3.8) is 0 Å². The van der Waals surface area contributed by atoms with Crippen molar-refractivity contribution in [2.45, 2.75) is 44.3 Å². The summed E-state index contributed by atoms with van der Waals surface area (Å²) >= 11 is 0. The first-order chi connectivity index (χ1) is 11.7. The number of carbonyl (C=O) groups is 2. The molecule has 0 spiro atoms. The molecule has 7 heteroatoms. The van der Waals surface area contributed by atoms with Crippen molar-refractivity contribution in [1.29, 1.82) is 0 Å². The molecular weight excluding hydrogens is 335 g/mol. The smallest absolute Gasteiger partial charge is 0.416 e. The fourth-order valence-electron chi connectivity index (χ4n) is 3.28. The van der Waals surface area contributed by atoms with Gasteiger partial charge in [-0.3, -0.25) is 9.59 Å². The SMILES string of the molecule is CC(CN(C(=O)C1CC1c1ccccc1C(F)(F)F)C1CC1)C(=O)O. The van der Waals surface area contributed by atoms with Crippen molar-refractivity contribution in [1.82, 2.24) is 4.90 Å². The fraction of sp³-hybridized carbons (Fsp3) is 0.556. The molecule has 0 heterocycles. The second-order valence-corrected chi connectivity index (χ2v) is 6.99. The van der Waals surface area contributed by atoms with Gasteiger partial charge in [0.25, 0.3) is 0 Å². The molecule has 0 saturated heterocycles. The maximum Gasteiger partial charge on any atom is 0.416 e. The van der Waals surface area contributed by atoms with Gasteiger partial charge in [0.05, 0.1) is 11.5 Å². The van der Waals surface area contributed by atoms with Gasteiger partial charge < -0.3 is 10.0 Å². The number of carbonyl (C=O) groups excluding carboxylic acids is 1. The van der Waals surface area contributed by atoms with E-state index in [4.69, 9.17) is 5.11 Å². The largest absolute Gasteiger partial charge is 0.481 e. The molecule has 1 N–H and O–H groups in total. The minimum atomic E-state index is -4.44. The molecule has 2 aliphatic carbocycles. The van der Waals surface area contributed by atoms with Gasteiger partial charge in [-0.05, 0) is 36.8 Å². The monoisotopic (exact) mass is 355 g/mol. The van der Waals surface area contributed by atoms with Gasteiger partial charge >= 0.3 is 12.1 Å². The van der Waals surface area contributed by atoms with Gasteiger partial charge in [-0.2, -0.15) is 13.2 Å². The summed E-state index contributed by atoms with van der Waals surface area (Å²) in [5, 5.41) is 9.06. The van der Waals surface area contributed by atoms with E-state index in [1.54, 1.807) is 11.0 Å². The summed E-state index contributed by atoms with van der Waals surface area (Å²) in [6.07, 6.45) is -2.40. The lowest BCUT2D eigenvalue weighted by atomic mass is 10.0. The fourth-order valence-corrected chi connectivity index (χ4v) is 3.28. The van der Waals surface area contributed by atoms with E-state index in [1.165, 1.54) is 19.1 Å². The van der Waals surface area contributed by atoms with Crippen LogP contribution in [0.4, 0.5) is 13.2 Å². The van der Waals surface area contributed by atoms with Gasteiger partial charge in [0, 0.05) is 18.5 Å². The van der Waals surface area contributed by atoms with Crippen molar-refractivity contribution in [3.8, 4) is 0 Å². The number of carboxylic acid groups (broad SMARTS) is 1. The average molecular weight is 355 g/mol. The first-order valence-electron chi connectivity index (χ1n) is 8.39. The highest BCUT2D eigenvalue weighted by Gasteiger charge is 2.51. The number of aliphatic carboxylic acids is 1. The Morgan fingerprint density at radius 1 is 1.28 bits per heavy atom. The van der Waals surface area contributed by atoms with Gasteiger partial charge in [-0.1, -0.05) is 25.1 Å². The van der Waals surface area contributed by atoms with Crippen LogP contribution in [0.3, 0.4) is 0 Å². The zero-order valence-corrected chi connectivity index (χ0v) is 13.8. The number of amides is 1. The van der Waals surface area contributed by atoms with Crippen LogP contribution >= 0.6 is 0 Å². The highest BCUT2D eigenvalue weighted by molar-refractivity contribution is 5.84. The molecule has 2 aliphatic rings. The van der Waals surface area contributed by atoms with Crippen molar-refractivity contribution >= 4 is 11.9 Å². The summed E-state index contributed by atoms with van der Waals surface area (Å²) in [7, 11) is 0. The molecule has 1 amide bonds. The molecule has 4 nitrogen and oxygen atoms in total. The lowest BCUT2D eigenvalue weighted by Crippen LogP contribution is -2.39. The third-order valence-electron chi connectivity index (χ3n) is 4.94. The summed E-state index contributed by atoms with van der Waals surface area (Å²) < 4.78 is 39.5. The zero-order chi connectivity index (χ0) is 18.4. The Morgan fingerprint density at radius 3 is 2.48 bits per heavy atom. The lowest BCUT2D eigenvalue weighted by Gasteiger charge is -2.25. The summed E-state index contributed by atoms with van der Waals surface area (Å²) in [5.41, 5.74) is -0.525. The maximum atomic E-state index is 13.2. The van der Waals surface area contributed by atoms with Crippen LogP contribution in [0.25, 0.3) is 0 Å². The molecule has 1 aromatic rings. The predicted octanol–water partition coefficient (Wildman–Crippen LogP) is 3.52. The highest BCUT2D eigenvalue weighted by Crippen LogP contribution is 2.52. The summed E-state index contributed by atoms with van der Waals surface area (Å²) in [4.78, 5) is 25.4. The summed E-state index contributed by atoms with van der Waals surface area (Å²) in [6.45, 7) is 1.65. The van der Waals surface area contributed by atoms with Crippen LogP contribution in [0.2, 0.25) is 0 Å². The van der Waals surface area contributed by atoms with Gasteiger partial charge in [0.15, 0.2) is 0 Å². The minimum Gasteiger partial charge on any atom is -0.481 e. The maximum absolute atomic E-state index is 13.2. The van der Waals surface area contributed by atoms with E-state index in [0.29, 0.717) is 6.42 Å². The van der Waals surface area contributed by atoms with Gasteiger partial charge in [0.1, 0.15) is 0 Å². The Hall–Kier alpha value is -2.05.